The third-order valence-corrected chi connectivity index (χ3v) is 2.94. The molecule has 0 bridgehead atoms. The molecule has 90 valence electrons. The van der Waals surface area contributed by atoms with Gasteiger partial charge in [-0.05, 0) is 37.3 Å². The summed E-state index contributed by atoms with van der Waals surface area (Å²) < 4.78 is 15.8. The molecule has 0 aliphatic rings. The van der Waals surface area contributed by atoms with Crippen molar-refractivity contribution in [2.75, 3.05) is 5.73 Å². The molecule has 3 rings (SSSR count). The molecule has 3 nitrogen and oxygen atoms in total. The molecule has 0 aliphatic carbocycles. The van der Waals surface area contributed by atoms with Crippen LogP contribution in [0, 0.1) is 12.7 Å². The Balaban J connectivity index is 2.34. The molecular formula is C14H12FN3. The lowest BCUT2D eigenvalue weighted by Gasteiger charge is -2.08. The Hall–Kier alpha value is -2.36. The quantitative estimate of drug-likeness (QED) is 0.665. The van der Waals surface area contributed by atoms with Crippen LogP contribution in [0.2, 0.25) is 0 Å². The summed E-state index contributed by atoms with van der Waals surface area (Å²) in [5, 5.41) is 0. The molecule has 0 saturated heterocycles. The summed E-state index contributed by atoms with van der Waals surface area (Å²) in [5.74, 6) is 0.404. The lowest BCUT2D eigenvalue weighted by molar-refractivity contribution is 0.618. The second kappa shape index (κ2) is 3.84. The lowest BCUT2D eigenvalue weighted by atomic mass is 10.2. The molecule has 0 amide bonds. The average molecular weight is 241 g/mol. The van der Waals surface area contributed by atoms with Crippen molar-refractivity contribution < 1.29 is 4.39 Å². The Morgan fingerprint density at radius 3 is 2.72 bits per heavy atom. The molecule has 0 radical (unpaired) electrons. The van der Waals surface area contributed by atoms with Crippen LogP contribution in [0.15, 0.2) is 42.5 Å². The second-order valence-corrected chi connectivity index (χ2v) is 4.19. The fourth-order valence-corrected chi connectivity index (χ4v) is 2.16. The van der Waals surface area contributed by atoms with Crippen molar-refractivity contribution in [3.05, 3.63) is 54.1 Å². The van der Waals surface area contributed by atoms with Crippen molar-refractivity contribution in [2.24, 2.45) is 0 Å². The second-order valence-electron chi connectivity index (χ2n) is 4.19. The van der Waals surface area contributed by atoms with Crippen LogP contribution >= 0.6 is 0 Å². The minimum absolute atomic E-state index is 0.346. The molecular weight excluding hydrogens is 229 g/mol. The van der Waals surface area contributed by atoms with Gasteiger partial charge >= 0.3 is 0 Å². The van der Waals surface area contributed by atoms with Gasteiger partial charge in [-0.25, -0.2) is 9.37 Å². The van der Waals surface area contributed by atoms with Gasteiger partial charge in [-0.1, -0.05) is 12.1 Å². The predicted molar refractivity (Wildman–Crippen MR) is 70.2 cm³/mol. The van der Waals surface area contributed by atoms with Crippen LogP contribution < -0.4 is 5.73 Å². The van der Waals surface area contributed by atoms with Crippen molar-refractivity contribution in [2.45, 2.75) is 6.92 Å². The van der Waals surface area contributed by atoms with Gasteiger partial charge in [0.1, 0.15) is 11.6 Å². The van der Waals surface area contributed by atoms with Crippen LogP contribution in [0.5, 0.6) is 0 Å². The molecule has 0 fully saturated rings. The van der Waals surface area contributed by atoms with Gasteiger partial charge in [-0.15, -0.1) is 0 Å². The number of hydrogen-bond donors (Lipinski definition) is 1. The molecule has 4 heteroatoms. The third-order valence-electron chi connectivity index (χ3n) is 2.94. The summed E-state index contributed by atoms with van der Waals surface area (Å²) in [6.45, 7) is 1.86. The Kier molecular flexibility index (Phi) is 2.30. The fourth-order valence-electron chi connectivity index (χ4n) is 2.16. The van der Waals surface area contributed by atoms with Crippen LogP contribution in [-0.4, -0.2) is 9.55 Å². The number of benzene rings is 2. The number of imidazole rings is 1. The first-order valence-electron chi connectivity index (χ1n) is 5.66. The summed E-state index contributed by atoms with van der Waals surface area (Å²) in [6.07, 6.45) is 0. The van der Waals surface area contributed by atoms with E-state index in [-0.39, 0.29) is 5.82 Å². The molecule has 0 unspecified atom stereocenters. The Labute approximate surface area is 104 Å². The largest absolute Gasteiger partial charge is 0.399 e. The van der Waals surface area contributed by atoms with Gasteiger partial charge in [-0.3, -0.25) is 4.57 Å². The van der Waals surface area contributed by atoms with Crippen LogP contribution in [0.1, 0.15) is 5.82 Å². The smallest absolute Gasteiger partial charge is 0.149 e. The zero-order chi connectivity index (χ0) is 12.7. The first kappa shape index (κ1) is 10.8. The average Bonchev–Trinajstić information content (AvgIpc) is 2.66. The minimum atomic E-state index is -0.346. The van der Waals surface area contributed by atoms with Crippen LogP contribution in [0.4, 0.5) is 10.1 Å². The molecule has 18 heavy (non-hydrogen) atoms. The summed E-state index contributed by atoms with van der Waals surface area (Å²) in [5.41, 5.74) is 8.19. The molecule has 0 aliphatic heterocycles. The number of nitrogens with two attached hydrogens (primary N) is 1. The molecule has 0 spiro atoms. The van der Waals surface area contributed by atoms with E-state index in [1.165, 1.54) is 6.07 Å². The van der Waals surface area contributed by atoms with E-state index in [0.717, 1.165) is 16.9 Å². The van der Waals surface area contributed by atoms with Gasteiger partial charge < -0.3 is 5.73 Å². The zero-order valence-corrected chi connectivity index (χ0v) is 9.89. The number of aryl methyl sites for hydroxylation is 1. The van der Waals surface area contributed by atoms with Crippen molar-refractivity contribution in [3.63, 3.8) is 0 Å². The van der Waals surface area contributed by atoms with Gasteiger partial charge in [0.15, 0.2) is 0 Å². The number of nitrogens with zero attached hydrogens (tertiary/aromatic N) is 2. The summed E-state index contributed by atoms with van der Waals surface area (Å²) in [4.78, 5) is 4.42. The molecule has 1 aromatic heterocycles. The van der Waals surface area contributed by atoms with E-state index in [0.29, 0.717) is 11.4 Å². The first-order valence-corrected chi connectivity index (χ1v) is 5.66. The summed E-state index contributed by atoms with van der Waals surface area (Å²) in [6, 6.07) is 12.3. The third kappa shape index (κ3) is 1.54. The van der Waals surface area contributed by atoms with E-state index in [1.54, 1.807) is 16.7 Å². The van der Waals surface area contributed by atoms with E-state index in [2.05, 4.69) is 4.98 Å². The Bertz CT molecular complexity index is 731. The number of fused-ring (bicyclic) bond motifs is 1. The molecule has 3 aromatic rings. The van der Waals surface area contributed by atoms with Crippen LogP contribution in [0.25, 0.3) is 16.7 Å². The fraction of sp³-hybridized carbons (Fsp3) is 0.0714. The first-order chi connectivity index (χ1) is 8.66. The molecule has 0 atom stereocenters. The highest BCUT2D eigenvalue weighted by molar-refractivity contribution is 5.78. The maximum absolute atomic E-state index is 14.0. The lowest BCUT2D eigenvalue weighted by Crippen LogP contribution is -2.01. The topological polar surface area (TPSA) is 43.8 Å². The molecule has 1 heterocycles. The SMILES string of the molecule is Cc1nc2ccccc2n1-c1ccc(N)cc1F. The van der Waals surface area contributed by atoms with Gasteiger partial charge in [0.2, 0.25) is 0 Å². The summed E-state index contributed by atoms with van der Waals surface area (Å²) in [7, 11) is 0. The van der Waals surface area contributed by atoms with E-state index >= 15 is 0 Å². The van der Waals surface area contributed by atoms with Crippen LogP contribution in [-0.2, 0) is 0 Å². The Morgan fingerprint density at radius 2 is 1.94 bits per heavy atom. The maximum atomic E-state index is 14.0. The van der Waals surface area contributed by atoms with Gasteiger partial charge in [-0.2, -0.15) is 0 Å². The van der Waals surface area contributed by atoms with Gasteiger partial charge in [0.05, 0.1) is 16.7 Å². The van der Waals surface area contributed by atoms with Crippen molar-refractivity contribution in [3.8, 4) is 5.69 Å². The summed E-state index contributed by atoms with van der Waals surface area (Å²) >= 11 is 0. The highest BCUT2D eigenvalue weighted by Crippen LogP contribution is 2.24. The standard InChI is InChI=1S/C14H12FN3/c1-9-17-12-4-2-3-5-14(12)18(9)13-7-6-10(16)8-11(13)15/h2-8H,16H2,1H3. The maximum Gasteiger partial charge on any atom is 0.149 e. The van der Waals surface area contributed by atoms with Crippen molar-refractivity contribution >= 4 is 16.7 Å². The number of aromatic nitrogens is 2. The highest BCUT2D eigenvalue weighted by Gasteiger charge is 2.12. The highest BCUT2D eigenvalue weighted by atomic mass is 19.1. The van der Waals surface area contributed by atoms with Crippen molar-refractivity contribution in [1.29, 1.82) is 0 Å². The molecule has 2 aromatic carbocycles. The monoisotopic (exact) mass is 241 g/mol. The predicted octanol–water partition coefficient (Wildman–Crippen LogP) is 3.06. The van der Waals surface area contributed by atoms with E-state index in [9.17, 15) is 4.39 Å². The number of para-hydroxylation sites is 2. The van der Waals surface area contributed by atoms with E-state index in [4.69, 9.17) is 5.73 Å². The normalized spacial score (nSPS) is 11.0. The minimum Gasteiger partial charge on any atom is -0.399 e. The molecule has 0 saturated carbocycles. The van der Waals surface area contributed by atoms with Crippen LogP contribution in [0.3, 0.4) is 0 Å². The number of rotatable bonds is 1. The van der Waals surface area contributed by atoms with Gasteiger partial charge in [0.25, 0.3) is 0 Å². The number of hydrogen-bond acceptors (Lipinski definition) is 2. The number of anilines is 1. The Morgan fingerprint density at radius 1 is 1.17 bits per heavy atom. The number of nitrogen functional groups attached to an aromatic ring is 1. The molecule has 2 N–H and O–H groups in total. The zero-order valence-electron chi connectivity index (χ0n) is 9.89. The van der Waals surface area contributed by atoms with Crippen molar-refractivity contribution in [1.82, 2.24) is 9.55 Å². The van der Waals surface area contributed by atoms with E-state index in [1.807, 2.05) is 31.2 Å². The van der Waals surface area contributed by atoms with Gasteiger partial charge in [0, 0.05) is 5.69 Å². The van der Waals surface area contributed by atoms with E-state index < -0.39 is 0 Å². The number of halogens is 1.